The van der Waals surface area contributed by atoms with Gasteiger partial charge in [-0.1, -0.05) is 36.4 Å². The number of carbonyl (C=O) groups excluding carboxylic acids is 2. The molecular formula is C28H19F3N4O4S. The van der Waals surface area contributed by atoms with E-state index in [4.69, 9.17) is 21.7 Å². The minimum atomic E-state index is -4.90. The number of hydrogen-bond donors (Lipinski definition) is 1. The number of hydrogen-bond acceptors (Lipinski definition) is 6. The number of aryl methyl sites for hydroxylation is 1. The van der Waals surface area contributed by atoms with Crippen molar-refractivity contribution in [1.82, 2.24) is 15.1 Å². The van der Waals surface area contributed by atoms with E-state index in [-0.39, 0.29) is 22.4 Å². The van der Waals surface area contributed by atoms with Crippen LogP contribution in [0, 0.1) is 0 Å². The zero-order chi connectivity index (χ0) is 28.4. The summed E-state index contributed by atoms with van der Waals surface area (Å²) in [6.45, 7) is 0. The lowest BCUT2D eigenvalue weighted by Crippen LogP contribution is -2.54. The van der Waals surface area contributed by atoms with Crippen molar-refractivity contribution in [3.63, 3.8) is 0 Å². The molecular weight excluding hydrogens is 545 g/mol. The molecule has 0 aliphatic carbocycles. The first-order chi connectivity index (χ1) is 19.1. The van der Waals surface area contributed by atoms with E-state index in [1.165, 1.54) is 19.2 Å². The van der Waals surface area contributed by atoms with Gasteiger partial charge in [0.2, 0.25) is 5.88 Å². The summed E-state index contributed by atoms with van der Waals surface area (Å²) >= 11 is 5.21. The molecule has 0 spiro atoms. The Kier molecular flexibility index (Phi) is 7.09. The van der Waals surface area contributed by atoms with Gasteiger partial charge in [0.1, 0.15) is 22.8 Å². The van der Waals surface area contributed by atoms with Crippen molar-refractivity contribution < 1.29 is 32.2 Å². The molecule has 1 aliphatic heterocycles. The number of halogens is 3. The molecule has 1 fully saturated rings. The van der Waals surface area contributed by atoms with Gasteiger partial charge in [-0.05, 0) is 66.8 Å². The van der Waals surface area contributed by atoms with Crippen LogP contribution in [0.2, 0.25) is 0 Å². The van der Waals surface area contributed by atoms with Crippen LogP contribution >= 0.6 is 12.2 Å². The lowest BCUT2D eigenvalue weighted by atomic mass is 10.1. The van der Waals surface area contributed by atoms with E-state index in [0.717, 1.165) is 15.7 Å². The third kappa shape index (κ3) is 5.43. The van der Waals surface area contributed by atoms with E-state index in [1.54, 1.807) is 54.6 Å². The highest BCUT2D eigenvalue weighted by Crippen LogP contribution is 2.39. The van der Waals surface area contributed by atoms with Crippen molar-refractivity contribution in [3.8, 4) is 23.1 Å². The summed E-state index contributed by atoms with van der Waals surface area (Å²) in [4.78, 5) is 27.3. The van der Waals surface area contributed by atoms with Crippen LogP contribution in [0.15, 0.2) is 90.5 Å². The van der Waals surface area contributed by atoms with Crippen LogP contribution in [0.4, 0.5) is 18.9 Å². The lowest BCUT2D eigenvalue weighted by molar-refractivity contribution is -0.141. The van der Waals surface area contributed by atoms with Gasteiger partial charge >= 0.3 is 6.18 Å². The number of nitrogens with one attached hydrogen (secondary N) is 1. The summed E-state index contributed by atoms with van der Waals surface area (Å²) < 4.78 is 54.1. The fourth-order valence-corrected chi connectivity index (χ4v) is 4.19. The number of amides is 2. The van der Waals surface area contributed by atoms with Crippen molar-refractivity contribution in [2.75, 3.05) is 4.90 Å². The number of carbonyl (C=O) groups is 2. The molecule has 0 unspecified atom stereocenters. The lowest BCUT2D eigenvalue weighted by Gasteiger charge is -2.29. The molecule has 1 saturated heterocycles. The summed E-state index contributed by atoms with van der Waals surface area (Å²) in [7, 11) is 1.26. The minimum absolute atomic E-state index is 0.230. The fourth-order valence-electron chi connectivity index (χ4n) is 3.91. The highest BCUT2D eigenvalue weighted by atomic mass is 32.1. The number of alkyl halides is 3. The van der Waals surface area contributed by atoms with Crippen LogP contribution < -0.4 is 19.7 Å². The summed E-state index contributed by atoms with van der Waals surface area (Å²) in [5.41, 5.74) is -2.23. The zero-order valence-electron chi connectivity index (χ0n) is 20.7. The Bertz CT molecular complexity index is 1620. The topological polar surface area (TPSA) is 85.7 Å². The average Bonchev–Trinajstić information content (AvgIpc) is 3.23. The fraction of sp³-hybridized carbons (Fsp3) is 0.0714. The second-order valence-corrected chi connectivity index (χ2v) is 8.86. The number of benzene rings is 3. The Hall–Kier alpha value is -4.97. The maximum absolute atomic E-state index is 13.9. The number of nitrogens with zero attached hydrogens (tertiary/aromatic N) is 3. The zero-order valence-corrected chi connectivity index (χ0v) is 21.5. The summed E-state index contributed by atoms with van der Waals surface area (Å²) in [6, 6.07) is 23.3. The Morgan fingerprint density at radius 1 is 0.850 bits per heavy atom. The molecule has 1 N–H and O–H groups in total. The van der Waals surface area contributed by atoms with E-state index >= 15 is 0 Å². The highest BCUT2D eigenvalue weighted by Gasteiger charge is 2.41. The number of ether oxygens (including phenoxy) is 2. The molecule has 8 nitrogen and oxygen atoms in total. The van der Waals surface area contributed by atoms with Crippen LogP contribution in [0.1, 0.15) is 11.3 Å². The monoisotopic (exact) mass is 564 g/mol. The van der Waals surface area contributed by atoms with Gasteiger partial charge in [-0.15, -0.1) is 0 Å². The third-order valence-corrected chi connectivity index (χ3v) is 6.00. The standard InChI is InChI=1S/C28H19F3N4O4S/c1-34-26(39-19-10-6-3-7-11-19)21(23(33-34)28(29,30)31)16-22-24(36)32-27(40)35(25(22)37)17-12-14-20(15-13-17)38-18-8-4-2-5-9-18/h2-16H,1H3,(H,32,36,40)/b22-16+. The highest BCUT2D eigenvalue weighted by molar-refractivity contribution is 7.80. The molecule has 40 heavy (non-hydrogen) atoms. The van der Waals surface area contributed by atoms with Gasteiger partial charge in [-0.2, -0.15) is 18.3 Å². The molecule has 0 atom stereocenters. The molecule has 0 radical (unpaired) electrons. The second kappa shape index (κ2) is 10.7. The first-order valence-corrected chi connectivity index (χ1v) is 12.1. The number of rotatable bonds is 6. The Morgan fingerprint density at radius 3 is 1.98 bits per heavy atom. The number of para-hydroxylation sites is 2. The van der Waals surface area contributed by atoms with Crippen LogP contribution in [-0.2, 0) is 22.8 Å². The van der Waals surface area contributed by atoms with Crippen molar-refractivity contribution in [1.29, 1.82) is 0 Å². The van der Waals surface area contributed by atoms with Crippen LogP contribution in [0.3, 0.4) is 0 Å². The Labute approximate surface area is 231 Å². The first-order valence-electron chi connectivity index (χ1n) is 11.7. The SMILES string of the molecule is Cn1nc(C(F)(F)F)c(/C=C2\C(=O)NC(=S)N(c3ccc(Oc4ccccc4)cc3)C2=O)c1Oc1ccccc1. The number of aromatic nitrogens is 2. The molecule has 0 saturated carbocycles. The van der Waals surface area contributed by atoms with Crippen molar-refractivity contribution in [2.45, 2.75) is 6.18 Å². The van der Waals surface area contributed by atoms with E-state index < -0.39 is 34.8 Å². The molecule has 2 heterocycles. The van der Waals surface area contributed by atoms with Crippen LogP contribution in [0.5, 0.6) is 23.1 Å². The van der Waals surface area contributed by atoms with Gasteiger partial charge in [0.15, 0.2) is 10.8 Å². The molecule has 5 rings (SSSR count). The van der Waals surface area contributed by atoms with Crippen molar-refractivity contribution >= 4 is 40.9 Å². The Balaban J connectivity index is 1.51. The van der Waals surface area contributed by atoms with E-state index in [0.29, 0.717) is 11.5 Å². The minimum Gasteiger partial charge on any atom is -0.457 e. The Morgan fingerprint density at radius 2 is 1.40 bits per heavy atom. The van der Waals surface area contributed by atoms with E-state index in [9.17, 15) is 22.8 Å². The van der Waals surface area contributed by atoms with Gasteiger partial charge < -0.3 is 9.47 Å². The predicted octanol–water partition coefficient (Wildman–Crippen LogP) is 5.85. The smallest absolute Gasteiger partial charge is 0.435 e. The molecule has 2 amide bonds. The van der Waals surface area contributed by atoms with Gasteiger partial charge in [-0.25, -0.2) is 4.68 Å². The van der Waals surface area contributed by atoms with Gasteiger partial charge in [0, 0.05) is 7.05 Å². The summed E-state index contributed by atoms with van der Waals surface area (Å²) in [5, 5.41) is 5.69. The van der Waals surface area contributed by atoms with E-state index in [1.807, 2.05) is 18.2 Å². The molecule has 0 bridgehead atoms. The molecule has 202 valence electrons. The molecule has 12 heteroatoms. The van der Waals surface area contributed by atoms with Gasteiger partial charge in [-0.3, -0.25) is 19.8 Å². The quantitative estimate of drug-likeness (QED) is 0.180. The molecule has 1 aliphatic rings. The van der Waals surface area contributed by atoms with Crippen molar-refractivity contribution in [3.05, 3.63) is 102 Å². The normalized spacial score (nSPS) is 14.8. The number of thiocarbonyl (C=S) groups is 1. The number of anilines is 1. The largest absolute Gasteiger partial charge is 0.457 e. The maximum Gasteiger partial charge on any atom is 0.435 e. The molecule has 1 aromatic heterocycles. The van der Waals surface area contributed by atoms with Crippen LogP contribution in [-0.4, -0.2) is 26.7 Å². The first kappa shape index (κ1) is 26.6. The maximum atomic E-state index is 13.9. The van der Waals surface area contributed by atoms with E-state index in [2.05, 4.69) is 10.4 Å². The molecule has 3 aromatic carbocycles. The average molecular weight is 565 g/mol. The van der Waals surface area contributed by atoms with Gasteiger partial charge in [0.25, 0.3) is 11.8 Å². The van der Waals surface area contributed by atoms with Crippen LogP contribution in [0.25, 0.3) is 6.08 Å². The third-order valence-electron chi connectivity index (χ3n) is 5.72. The predicted molar refractivity (Wildman–Crippen MR) is 144 cm³/mol. The second-order valence-electron chi connectivity index (χ2n) is 8.47. The van der Waals surface area contributed by atoms with Crippen molar-refractivity contribution in [2.24, 2.45) is 7.05 Å². The van der Waals surface area contributed by atoms with Gasteiger partial charge in [0.05, 0.1) is 11.3 Å². The summed E-state index contributed by atoms with van der Waals surface area (Å²) in [6.07, 6.45) is -4.09. The molecule has 4 aromatic rings. The summed E-state index contributed by atoms with van der Waals surface area (Å²) in [5.74, 6) is -0.889.